The molecule has 0 radical (unpaired) electrons. The fraction of sp³-hybridized carbons (Fsp3) is 0.650. The van der Waals surface area contributed by atoms with Gasteiger partial charge in [-0.05, 0) is 42.9 Å². The van der Waals surface area contributed by atoms with Gasteiger partial charge in [0.05, 0.1) is 26.7 Å². The molecule has 1 amide bonds. The number of carbonyl (C=O) groups excluding carboxylic acids is 1. The maximum Gasteiger partial charge on any atom is 0.226 e. The molecule has 3 rings (SSSR count). The van der Waals surface area contributed by atoms with Crippen molar-refractivity contribution in [3.8, 4) is 5.75 Å². The second-order valence-electron chi connectivity index (χ2n) is 7.12. The summed E-state index contributed by atoms with van der Waals surface area (Å²) in [6.45, 7) is 6.75. The first kappa shape index (κ1) is 18.2. The van der Waals surface area contributed by atoms with Gasteiger partial charge in [-0.3, -0.25) is 9.69 Å². The highest BCUT2D eigenvalue weighted by Crippen LogP contribution is 2.20. The summed E-state index contributed by atoms with van der Waals surface area (Å²) >= 11 is 0. The van der Waals surface area contributed by atoms with Crippen molar-refractivity contribution in [2.75, 3.05) is 53.0 Å². The topological polar surface area (TPSA) is 42.0 Å². The third-order valence-corrected chi connectivity index (χ3v) is 5.31. The van der Waals surface area contributed by atoms with Crippen molar-refractivity contribution >= 4 is 5.91 Å². The predicted octanol–water partition coefficient (Wildman–Crippen LogP) is 2.20. The third-order valence-electron chi connectivity index (χ3n) is 5.31. The summed E-state index contributed by atoms with van der Waals surface area (Å²) < 4.78 is 10.7. The third kappa shape index (κ3) is 5.44. The number of likely N-dealkylation sites (tertiary alicyclic amines) is 1. The number of methoxy groups -OCH3 is 1. The van der Waals surface area contributed by atoms with Gasteiger partial charge in [-0.2, -0.15) is 0 Å². The average Bonchev–Trinajstić information content (AvgIpc) is 2.88. The van der Waals surface area contributed by atoms with Gasteiger partial charge in [0, 0.05) is 32.7 Å². The highest BCUT2D eigenvalue weighted by Gasteiger charge is 2.23. The van der Waals surface area contributed by atoms with Gasteiger partial charge in [0.1, 0.15) is 5.75 Å². The average molecular weight is 346 g/mol. The van der Waals surface area contributed by atoms with Gasteiger partial charge in [-0.15, -0.1) is 0 Å². The van der Waals surface area contributed by atoms with Crippen molar-refractivity contribution in [2.45, 2.75) is 25.7 Å². The maximum atomic E-state index is 12.7. The van der Waals surface area contributed by atoms with Gasteiger partial charge in [0.15, 0.2) is 0 Å². The van der Waals surface area contributed by atoms with Crippen molar-refractivity contribution in [1.82, 2.24) is 9.80 Å². The molecule has 1 aromatic carbocycles. The fourth-order valence-electron chi connectivity index (χ4n) is 3.82. The first-order valence-corrected chi connectivity index (χ1v) is 9.45. The fourth-order valence-corrected chi connectivity index (χ4v) is 3.82. The van der Waals surface area contributed by atoms with E-state index in [2.05, 4.69) is 9.80 Å². The highest BCUT2D eigenvalue weighted by atomic mass is 16.5. The molecule has 0 aliphatic carbocycles. The number of carbonyl (C=O) groups is 1. The van der Waals surface area contributed by atoms with Gasteiger partial charge in [-0.1, -0.05) is 12.1 Å². The molecular formula is C20H30N2O3. The molecule has 1 aromatic rings. The number of hydrogen-bond donors (Lipinski definition) is 0. The van der Waals surface area contributed by atoms with E-state index in [0.29, 0.717) is 12.3 Å². The Labute approximate surface area is 150 Å². The van der Waals surface area contributed by atoms with Crippen molar-refractivity contribution < 1.29 is 14.3 Å². The summed E-state index contributed by atoms with van der Waals surface area (Å²) in [5.74, 6) is 1.75. The predicted molar refractivity (Wildman–Crippen MR) is 97.9 cm³/mol. The van der Waals surface area contributed by atoms with Crippen LogP contribution in [0.1, 0.15) is 24.8 Å². The van der Waals surface area contributed by atoms with Crippen LogP contribution in [-0.2, 0) is 16.0 Å². The Kier molecular flexibility index (Phi) is 6.70. The molecule has 2 fully saturated rings. The van der Waals surface area contributed by atoms with Crippen molar-refractivity contribution in [2.24, 2.45) is 5.92 Å². The number of ether oxygens (including phenoxy) is 2. The van der Waals surface area contributed by atoms with Crippen LogP contribution in [0, 0.1) is 5.92 Å². The van der Waals surface area contributed by atoms with Crippen molar-refractivity contribution in [1.29, 1.82) is 0 Å². The van der Waals surface area contributed by atoms with Gasteiger partial charge < -0.3 is 14.4 Å². The summed E-state index contributed by atoms with van der Waals surface area (Å²) in [7, 11) is 1.66. The number of morpholine rings is 1. The molecule has 5 heteroatoms. The monoisotopic (exact) mass is 346 g/mol. The molecule has 0 unspecified atom stereocenters. The molecule has 2 aliphatic rings. The summed E-state index contributed by atoms with van der Waals surface area (Å²) in [5, 5.41) is 0. The molecule has 0 aromatic heterocycles. The molecule has 2 heterocycles. The lowest BCUT2D eigenvalue weighted by Crippen LogP contribution is -2.39. The van der Waals surface area contributed by atoms with Crippen LogP contribution in [0.3, 0.4) is 0 Å². The molecule has 25 heavy (non-hydrogen) atoms. The molecule has 5 nitrogen and oxygen atoms in total. The summed E-state index contributed by atoms with van der Waals surface area (Å²) in [6, 6.07) is 7.81. The number of hydrogen-bond acceptors (Lipinski definition) is 4. The Morgan fingerprint density at radius 1 is 1.20 bits per heavy atom. The summed E-state index contributed by atoms with van der Waals surface area (Å²) in [6.07, 6.45) is 3.91. The van der Waals surface area contributed by atoms with Gasteiger partial charge in [0.2, 0.25) is 5.91 Å². The zero-order chi connectivity index (χ0) is 17.5. The number of nitrogens with zero attached hydrogens (tertiary/aromatic N) is 2. The minimum Gasteiger partial charge on any atom is -0.497 e. The lowest BCUT2D eigenvalue weighted by molar-refractivity contribution is -0.130. The SMILES string of the molecule is COc1cccc(CC(=O)N2CCC[C@H](CN3CCOCC3)CC2)c1. The van der Waals surface area contributed by atoms with Crippen LogP contribution in [-0.4, -0.2) is 68.8 Å². The van der Waals surface area contributed by atoms with Gasteiger partial charge in [0.25, 0.3) is 0 Å². The van der Waals surface area contributed by atoms with E-state index in [1.807, 2.05) is 24.3 Å². The second kappa shape index (κ2) is 9.20. The van der Waals surface area contributed by atoms with E-state index in [0.717, 1.165) is 70.1 Å². The standard InChI is InChI=1S/C20H30N2O3/c1-24-19-6-2-4-18(14-19)15-20(23)22-8-3-5-17(7-9-22)16-21-10-12-25-13-11-21/h2,4,6,14,17H,3,5,7-13,15-16H2,1H3/t17-/m0/s1. The van der Waals surface area contributed by atoms with Crippen LogP contribution in [0.25, 0.3) is 0 Å². The molecular weight excluding hydrogens is 316 g/mol. The molecule has 1 atom stereocenters. The first-order chi connectivity index (χ1) is 12.2. The van der Waals surface area contributed by atoms with Crippen LogP contribution in [0.4, 0.5) is 0 Å². The molecule has 138 valence electrons. The van der Waals surface area contributed by atoms with Gasteiger partial charge in [-0.25, -0.2) is 0 Å². The molecule has 0 saturated carbocycles. The number of benzene rings is 1. The highest BCUT2D eigenvalue weighted by molar-refractivity contribution is 5.78. The quantitative estimate of drug-likeness (QED) is 0.820. The Hall–Kier alpha value is -1.59. The number of rotatable bonds is 5. The van der Waals surface area contributed by atoms with E-state index in [1.54, 1.807) is 7.11 Å². The lowest BCUT2D eigenvalue weighted by atomic mass is 10.00. The molecule has 2 aliphatic heterocycles. The van der Waals surface area contributed by atoms with Crippen LogP contribution in [0.5, 0.6) is 5.75 Å². The minimum atomic E-state index is 0.236. The van der Waals surface area contributed by atoms with Crippen molar-refractivity contribution in [3.63, 3.8) is 0 Å². The first-order valence-electron chi connectivity index (χ1n) is 9.45. The van der Waals surface area contributed by atoms with Gasteiger partial charge >= 0.3 is 0 Å². The van der Waals surface area contributed by atoms with Crippen LogP contribution >= 0.6 is 0 Å². The van der Waals surface area contributed by atoms with E-state index < -0.39 is 0 Å². The van der Waals surface area contributed by atoms with Crippen molar-refractivity contribution in [3.05, 3.63) is 29.8 Å². The summed E-state index contributed by atoms with van der Waals surface area (Å²) in [5.41, 5.74) is 1.03. The molecule has 0 spiro atoms. The lowest BCUT2D eigenvalue weighted by Gasteiger charge is -2.30. The zero-order valence-corrected chi connectivity index (χ0v) is 15.3. The Morgan fingerprint density at radius 3 is 2.84 bits per heavy atom. The smallest absolute Gasteiger partial charge is 0.226 e. The number of amides is 1. The van der Waals surface area contributed by atoms with Crippen LogP contribution in [0.2, 0.25) is 0 Å². The largest absolute Gasteiger partial charge is 0.497 e. The molecule has 2 saturated heterocycles. The summed E-state index contributed by atoms with van der Waals surface area (Å²) in [4.78, 5) is 17.2. The zero-order valence-electron chi connectivity index (χ0n) is 15.3. The van der Waals surface area contributed by atoms with E-state index in [-0.39, 0.29) is 5.91 Å². The van der Waals surface area contributed by atoms with Crippen LogP contribution < -0.4 is 4.74 Å². The molecule has 0 N–H and O–H groups in total. The van der Waals surface area contributed by atoms with Crippen LogP contribution in [0.15, 0.2) is 24.3 Å². The maximum absolute atomic E-state index is 12.7. The van der Waals surface area contributed by atoms with E-state index in [1.165, 1.54) is 6.42 Å². The van der Waals surface area contributed by atoms with E-state index in [4.69, 9.17) is 9.47 Å². The Morgan fingerprint density at radius 2 is 2.04 bits per heavy atom. The van der Waals surface area contributed by atoms with E-state index in [9.17, 15) is 4.79 Å². The van der Waals surface area contributed by atoms with E-state index >= 15 is 0 Å². The molecule has 0 bridgehead atoms. The Bertz CT molecular complexity index is 558. The normalized spacial score (nSPS) is 22.4. The second-order valence-corrected chi connectivity index (χ2v) is 7.12. The minimum absolute atomic E-state index is 0.236. The Balaban J connectivity index is 1.48.